The minimum absolute atomic E-state index is 0.0459. The monoisotopic (exact) mass is 405 g/mol. The lowest BCUT2D eigenvalue weighted by Gasteiger charge is -2.39. The van der Waals surface area contributed by atoms with Crippen molar-refractivity contribution < 1.29 is 26.7 Å². The molecule has 156 valence electrons. The molecule has 0 bridgehead atoms. The molecule has 5 atom stereocenters. The lowest BCUT2D eigenvalue weighted by molar-refractivity contribution is -0.144. The molecule has 0 aromatic heterocycles. The van der Waals surface area contributed by atoms with Crippen LogP contribution in [0.1, 0.15) is 18.1 Å². The number of alkyl halides is 3. The van der Waals surface area contributed by atoms with Gasteiger partial charge in [-0.2, -0.15) is 13.2 Å². The van der Waals surface area contributed by atoms with E-state index in [0.29, 0.717) is 26.1 Å². The lowest BCUT2D eigenvalue weighted by atomic mass is 9.93. The van der Waals surface area contributed by atoms with Crippen LogP contribution in [0.2, 0.25) is 0 Å². The Morgan fingerprint density at radius 1 is 1.07 bits per heavy atom. The third kappa shape index (κ3) is 4.17. The molecule has 9 heteroatoms. The SMILES string of the molecule is NC1CC(N2CC3CN(CC(F)(F)F)CC3C2)COC1c1cc(F)ccc1F. The predicted octanol–water partition coefficient (Wildman–Crippen LogP) is 2.55. The van der Waals surface area contributed by atoms with Gasteiger partial charge in [-0.1, -0.05) is 0 Å². The van der Waals surface area contributed by atoms with Crippen molar-refractivity contribution in [3.63, 3.8) is 0 Å². The minimum Gasteiger partial charge on any atom is -0.370 e. The first-order chi connectivity index (χ1) is 13.2. The molecule has 1 aromatic carbocycles. The molecular weight excluding hydrogens is 381 g/mol. The Kier molecular flexibility index (Phi) is 5.37. The van der Waals surface area contributed by atoms with Crippen molar-refractivity contribution in [1.29, 1.82) is 0 Å². The van der Waals surface area contributed by atoms with E-state index in [2.05, 4.69) is 4.90 Å². The summed E-state index contributed by atoms with van der Waals surface area (Å²) in [5.74, 6) is -0.639. The normalized spacial score (nSPS) is 34.7. The first-order valence-electron chi connectivity index (χ1n) is 9.55. The number of ether oxygens (including phenoxy) is 1. The van der Waals surface area contributed by atoms with E-state index in [1.807, 2.05) is 0 Å². The average molecular weight is 405 g/mol. The molecule has 1 aromatic rings. The molecule has 0 spiro atoms. The highest BCUT2D eigenvalue weighted by molar-refractivity contribution is 5.23. The fourth-order valence-electron chi connectivity index (χ4n) is 4.96. The highest BCUT2D eigenvalue weighted by Crippen LogP contribution is 2.37. The van der Waals surface area contributed by atoms with Crippen molar-refractivity contribution in [1.82, 2.24) is 9.80 Å². The van der Waals surface area contributed by atoms with E-state index in [1.54, 1.807) is 0 Å². The first kappa shape index (κ1) is 20.0. The van der Waals surface area contributed by atoms with E-state index in [0.717, 1.165) is 31.3 Å². The van der Waals surface area contributed by atoms with Gasteiger partial charge >= 0.3 is 6.18 Å². The molecule has 28 heavy (non-hydrogen) atoms. The maximum atomic E-state index is 14.0. The number of nitrogens with zero attached hydrogens (tertiary/aromatic N) is 2. The van der Waals surface area contributed by atoms with E-state index < -0.39 is 36.5 Å². The van der Waals surface area contributed by atoms with Gasteiger partial charge < -0.3 is 10.5 Å². The number of likely N-dealkylation sites (tertiary alicyclic amines) is 2. The standard InChI is InChI=1S/C19H24F5N3O/c20-13-1-2-16(21)15(3-13)18-17(25)4-14(9-28-18)27-7-11-5-26(6-12(11)8-27)10-19(22,23)24/h1-3,11-12,14,17-18H,4-10,25H2. The fourth-order valence-corrected chi connectivity index (χ4v) is 4.96. The van der Waals surface area contributed by atoms with Crippen molar-refractivity contribution in [2.45, 2.75) is 30.8 Å². The van der Waals surface area contributed by atoms with Crippen molar-refractivity contribution >= 4 is 0 Å². The Morgan fingerprint density at radius 3 is 2.36 bits per heavy atom. The van der Waals surface area contributed by atoms with Gasteiger partial charge in [0.1, 0.15) is 17.7 Å². The number of fused-ring (bicyclic) bond motifs is 1. The number of rotatable bonds is 3. The molecule has 3 fully saturated rings. The molecule has 3 saturated heterocycles. The molecule has 0 saturated carbocycles. The van der Waals surface area contributed by atoms with Crippen LogP contribution < -0.4 is 5.73 Å². The molecule has 0 amide bonds. The Bertz CT molecular complexity index is 701. The van der Waals surface area contributed by atoms with Crippen molar-refractivity contribution in [3.05, 3.63) is 35.4 Å². The summed E-state index contributed by atoms with van der Waals surface area (Å²) in [6, 6.07) is 2.82. The number of benzene rings is 1. The second-order valence-electron chi connectivity index (χ2n) is 8.26. The largest absolute Gasteiger partial charge is 0.401 e. The van der Waals surface area contributed by atoms with E-state index in [-0.39, 0.29) is 23.4 Å². The molecule has 4 nitrogen and oxygen atoms in total. The zero-order valence-electron chi connectivity index (χ0n) is 15.3. The fraction of sp³-hybridized carbons (Fsp3) is 0.684. The van der Waals surface area contributed by atoms with Crippen LogP contribution in [0.3, 0.4) is 0 Å². The molecule has 0 radical (unpaired) electrons. The van der Waals surface area contributed by atoms with Crippen LogP contribution in [0, 0.1) is 23.5 Å². The van der Waals surface area contributed by atoms with Gasteiger partial charge in [0, 0.05) is 43.8 Å². The third-order valence-corrected chi connectivity index (χ3v) is 6.18. The van der Waals surface area contributed by atoms with Crippen molar-refractivity contribution in [2.24, 2.45) is 17.6 Å². The molecule has 2 N–H and O–H groups in total. The van der Waals surface area contributed by atoms with E-state index in [9.17, 15) is 22.0 Å². The number of hydrogen-bond donors (Lipinski definition) is 1. The zero-order valence-corrected chi connectivity index (χ0v) is 15.3. The average Bonchev–Trinajstić information content (AvgIpc) is 3.14. The molecular formula is C19H24F5N3O. The first-order valence-corrected chi connectivity index (χ1v) is 9.55. The molecule has 4 rings (SSSR count). The van der Waals surface area contributed by atoms with Gasteiger partial charge in [-0.05, 0) is 36.5 Å². The smallest absolute Gasteiger partial charge is 0.370 e. The van der Waals surface area contributed by atoms with Gasteiger partial charge in [-0.3, -0.25) is 9.80 Å². The van der Waals surface area contributed by atoms with Crippen LogP contribution in [-0.2, 0) is 4.74 Å². The Hall–Kier alpha value is -1.29. The molecule has 3 aliphatic rings. The van der Waals surface area contributed by atoms with Crippen LogP contribution in [0.5, 0.6) is 0 Å². The maximum Gasteiger partial charge on any atom is 0.401 e. The quantitative estimate of drug-likeness (QED) is 0.785. The van der Waals surface area contributed by atoms with Gasteiger partial charge in [0.25, 0.3) is 0 Å². The Morgan fingerprint density at radius 2 is 1.75 bits per heavy atom. The molecule has 3 heterocycles. The van der Waals surface area contributed by atoms with Gasteiger partial charge in [-0.15, -0.1) is 0 Å². The van der Waals surface area contributed by atoms with Crippen LogP contribution in [0.15, 0.2) is 18.2 Å². The predicted molar refractivity (Wildman–Crippen MR) is 92.5 cm³/mol. The van der Waals surface area contributed by atoms with E-state index >= 15 is 0 Å². The highest BCUT2D eigenvalue weighted by Gasteiger charge is 2.46. The number of nitrogens with two attached hydrogens (primary N) is 1. The Balaban J connectivity index is 1.33. The molecule has 5 unspecified atom stereocenters. The van der Waals surface area contributed by atoms with E-state index in [1.165, 1.54) is 4.90 Å². The maximum absolute atomic E-state index is 14.0. The van der Waals surface area contributed by atoms with Crippen molar-refractivity contribution in [2.75, 3.05) is 39.3 Å². The van der Waals surface area contributed by atoms with Crippen LogP contribution in [0.4, 0.5) is 22.0 Å². The summed E-state index contributed by atoms with van der Waals surface area (Å²) < 4.78 is 71.1. The Labute approximate surface area is 160 Å². The zero-order chi connectivity index (χ0) is 20.1. The van der Waals surface area contributed by atoms with Crippen LogP contribution in [-0.4, -0.2) is 67.4 Å². The lowest BCUT2D eigenvalue weighted by Crippen LogP contribution is -2.49. The minimum atomic E-state index is -4.16. The highest BCUT2D eigenvalue weighted by atomic mass is 19.4. The second-order valence-corrected chi connectivity index (χ2v) is 8.26. The van der Waals surface area contributed by atoms with Gasteiger partial charge in [-0.25, -0.2) is 8.78 Å². The summed E-state index contributed by atoms with van der Waals surface area (Å²) in [5.41, 5.74) is 6.35. The topological polar surface area (TPSA) is 41.7 Å². The number of hydrogen-bond acceptors (Lipinski definition) is 4. The summed E-state index contributed by atoms with van der Waals surface area (Å²) in [4.78, 5) is 3.72. The van der Waals surface area contributed by atoms with Crippen molar-refractivity contribution in [3.8, 4) is 0 Å². The van der Waals surface area contributed by atoms with Gasteiger partial charge in [0.2, 0.25) is 0 Å². The summed E-state index contributed by atoms with van der Waals surface area (Å²) in [6.45, 7) is 1.85. The summed E-state index contributed by atoms with van der Waals surface area (Å²) in [5, 5.41) is 0. The summed E-state index contributed by atoms with van der Waals surface area (Å²) in [6.07, 6.45) is -4.29. The van der Waals surface area contributed by atoms with Gasteiger partial charge in [0.05, 0.1) is 13.2 Å². The van der Waals surface area contributed by atoms with Crippen LogP contribution in [0.25, 0.3) is 0 Å². The number of halogens is 5. The van der Waals surface area contributed by atoms with Crippen LogP contribution >= 0.6 is 0 Å². The molecule has 0 aliphatic carbocycles. The van der Waals surface area contributed by atoms with E-state index in [4.69, 9.17) is 10.5 Å². The van der Waals surface area contributed by atoms with Gasteiger partial charge in [0.15, 0.2) is 0 Å². The second kappa shape index (κ2) is 7.51. The molecule has 3 aliphatic heterocycles. The summed E-state index contributed by atoms with van der Waals surface area (Å²) >= 11 is 0. The third-order valence-electron chi connectivity index (χ3n) is 6.18. The summed E-state index contributed by atoms with van der Waals surface area (Å²) in [7, 11) is 0.